The van der Waals surface area contributed by atoms with Crippen molar-refractivity contribution in [2.45, 2.75) is 13.8 Å². The molecule has 0 aliphatic rings. The Kier molecular flexibility index (Phi) is 4.33. The molecule has 78 valence electrons. The molecular weight excluding hydrogens is 195 g/mol. The van der Waals surface area contributed by atoms with E-state index in [-0.39, 0.29) is 13.2 Å². The zero-order valence-corrected chi connectivity index (χ0v) is 8.80. The van der Waals surface area contributed by atoms with Crippen molar-refractivity contribution in [2.24, 2.45) is 0 Å². The molecule has 6 heteroatoms. The number of rotatable bonds is 6. The molecule has 5 nitrogen and oxygen atoms in total. The monoisotopic (exact) mass is 212 g/mol. The molecule has 0 unspecified atom stereocenters. The summed E-state index contributed by atoms with van der Waals surface area (Å²) in [6.45, 7) is 3.01. The van der Waals surface area contributed by atoms with Gasteiger partial charge in [-0.15, -0.1) is 0 Å². The van der Waals surface area contributed by atoms with Crippen LogP contribution in [-0.4, -0.2) is 32.4 Å². The molecule has 0 fully saturated rings. The summed E-state index contributed by atoms with van der Waals surface area (Å²) in [6, 6.07) is 0. The number of ether oxygens (including phenoxy) is 1. The normalized spacial score (nSPS) is 14.7. The van der Waals surface area contributed by atoms with Gasteiger partial charge in [0.15, 0.2) is 0 Å². The number of esters is 1. The zero-order valence-electron chi connectivity index (χ0n) is 9.90. The molecule has 0 saturated heterocycles. The minimum Gasteiger partial charge on any atom is -0.469 e. The minimum absolute atomic E-state index is 0.0201. The van der Waals surface area contributed by atoms with Crippen LogP contribution in [0.4, 0.5) is 0 Å². The molecule has 0 saturated carbocycles. The van der Waals surface area contributed by atoms with E-state index < -0.39 is 19.7 Å². The second kappa shape index (κ2) is 6.13. The Balaban J connectivity index is 5.05. The maximum Gasteiger partial charge on any atom is 0.341 e. The lowest BCUT2D eigenvalue weighted by Gasteiger charge is -2.15. The Morgan fingerprint density at radius 1 is 1.38 bits per heavy atom. The van der Waals surface area contributed by atoms with Crippen LogP contribution in [-0.2, 0) is 23.1 Å². The smallest absolute Gasteiger partial charge is 0.341 e. The maximum atomic E-state index is 11.9. The summed E-state index contributed by atoms with van der Waals surface area (Å²) >= 11 is 0. The first-order valence-electron chi connectivity index (χ1n) is 4.83. The van der Waals surface area contributed by atoms with Crippen LogP contribution in [0.1, 0.15) is 16.6 Å². The molecule has 0 spiro atoms. The van der Waals surface area contributed by atoms with Gasteiger partial charge in [0.1, 0.15) is 6.11 Å². The van der Waals surface area contributed by atoms with Gasteiger partial charge in [0, 0.05) is 0 Å². The SMILES string of the molecule is [2H]C([2H])(C(=O)OC)P(=O)(OCC)OCC. The van der Waals surface area contributed by atoms with E-state index in [1.54, 1.807) is 0 Å². The van der Waals surface area contributed by atoms with Crippen LogP contribution >= 0.6 is 7.60 Å². The Hall–Kier alpha value is -0.380. The molecule has 0 radical (unpaired) electrons. The third-order valence-corrected chi connectivity index (χ3v) is 2.66. The Morgan fingerprint density at radius 2 is 1.85 bits per heavy atom. The third-order valence-electron chi connectivity index (χ3n) is 1.01. The van der Waals surface area contributed by atoms with Crippen LogP contribution in [0.15, 0.2) is 0 Å². The first kappa shape index (κ1) is 9.19. The van der Waals surface area contributed by atoms with Crippen LogP contribution in [0.3, 0.4) is 0 Å². The molecule has 13 heavy (non-hydrogen) atoms. The summed E-state index contributed by atoms with van der Waals surface area (Å²) in [5, 5.41) is 0. The first-order valence-corrected chi connectivity index (χ1v) is 5.37. The van der Waals surface area contributed by atoms with Crippen LogP contribution in [0.5, 0.6) is 0 Å². The van der Waals surface area contributed by atoms with Gasteiger partial charge in [0.2, 0.25) is 0 Å². The molecule has 0 aromatic rings. The van der Waals surface area contributed by atoms with Crippen molar-refractivity contribution in [3.63, 3.8) is 0 Å². The largest absolute Gasteiger partial charge is 0.469 e. The van der Waals surface area contributed by atoms with Crippen molar-refractivity contribution < 1.29 is 25.9 Å². The third kappa shape index (κ3) is 5.03. The van der Waals surface area contributed by atoms with Gasteiger partial charge in [-0.1, -0.05) is 0 Å². The number of carbonyl (C=O) groups is 1. The van der Waals surface area contributed by atoms with Gasteiger partial charge in [-0.05, 0) is 13.8 Å². The highest BCUT2D eigenvalue weighted by atomic mass is 31.2. The van der Waals surface area contributed by atoms with E-state index in [0.717, 1.165) is 7.11 Å². The maximum absolute atomic E-state index is 11.9. The summed E-state index contributed by atoms with van der Waals surface area (Å²) in [7, 11) is -3.13. The molecule has 0 rings (SSSR count). The summed E-state index contributed by atoms with van der Waals surface area (Å²) in [4.78, 5) is 11.1. The van der Waals surface area contributed by atoms with E-state index in [2.05, 4.69) is 4.74 Å². The number of hydrogen-bond donors (Lipinski definition) is 0. The average molecular weight is 212 g/mol. The van der Waals surface area contributed by atoms with Gasteiger partial charge in [0.25, 0.3) is 0 Å². The number of hydrogen-bond acceptors (Lipinski definition) is 5. The van der Waals surface area contributed by atoms with E-state index in [1.165, 1.54) is 13.8 Å². The van der Waals surface area contributed by atoms with Crippen molar-refractivity contribution in [1.82, 2.24) is 0 Å². The van der Waals surface area contributed by atoms with Crippen LogP contribution < -0.4 is 0 Å². The van der Waals surface area contributed by atoms with E-state index in [4.69, 9.17) is 11.8 Å². The Labute approximate surface area is 80.7 Å². The van der Waals surface area contributed by atoms with E-state index in [0.29, 0.717) is 0 Å². The fourth-order valence-corrected chi connectivity index (χ4v) is 1.80. The Morgan fingerprint density at radius 3 is 2.15 bits per heavy atom. The minimum atomic E-state index is -4.14. The van der Waals surface area contributed by atoms with Gasteiger partial charge in [0.05, 0.1) is 23.1 Å². The van der Waals surface area contributed by atoms with E-state index in [9.17, 15) is 9.36 Å². The molecule has 0 N–H and O–H groups in total. The van der Waals surface area contributed by atoms with Crippen molar-refractivity contribution in [3.8, 4) is 0 Å². The number of carbonyl (C=O) groups excluding carboxylic acids is 1. The van der Waals surface area contributed by atoms with Crippen molar-refractivity contribution in [2.75, 3.05) is 26.4 Å². The predicted molar refractivity (Wildman–Crippen MR) is 47.7 cm³/mol. The predicted octanol–water partition coefficient (Wildman–Crippen LogP) is 1.43. The second-order valence-corrected chi connectivity index (χ2v) is 3.67. The van der Waals surface area contributed by atoms with Gasteiger partial charge in [-0.25, -0.2) is 0 Å². The van der Waals surface area contributed by atoms with E-state index >= 15 is 0 Å². The molecular formula is C7H15O5P. The lowest BCUT2D eigenvalue weighted by Crippen LogP contribution is -2.11. The lowest BCUT2D eigenvalue weighted by molar-refractivity contribution is -0.137. The Bertz CT molecular complexity index is 258. The molecule has 0 aromatic heterocycles. The number of methoxy groups -OCH3 is 1. The molecule has 0 aromatic carbocycles. The topological polar surface area (TPSA) is 61.8 Å². The highest BCUT2D eigenvalue weighted by Crippen LogP contribution is 2.47. The molecule has 0 amide bonds. The van der Waals surface area contributed by atoms with Crippen molar-refractivity contribution >= 4 is 13.6 Å². The molecule has 0 aliphatic heterocycles. The molecule has 0 bridgehead atoms. The fourth-order valence-electron chi connectivity index (χ4n) is 0.599. The molecule has 0 atom stereocenters. The van der Waals surface area contributed by atoms with Crippen LogP contribution in [0, 0.1) is 0 Å². The lowest BCUT2D eigenvalue weighted by atomic mass is 10.8. The van der Waals surface area contributed by atoms with Crippen LogP contribution in [0.2, 0.25) is 0 Å². The standard InChI is InChI=1S/C7H15O5P/c1-4-11-13(9,12-5-2)6-7(8)10-3/h4-6H2,1-3H3/i6D2. The van der Waals surface area contributed by atoms with Gasteiger partial charge < -0.3 is 13.8 Å². The van der Waals surface area contributed by atoms with Crippen molar-refractivity contribution in [3.05, 3.63) is 0 Å². The average Bonchev–Trinajstić information content (AvgIpc) is 2.17. The second-order valence-electron chi connectivity index (χ2n) is 1.94. The highest BCUT2D eigenvalue weighted by Gasteiger charge is 2.27. The van der Waals surface area contributed by atoms with E-state index in [1.807, 2.05) is 0 Å². The summed E-state index contributed by atoms with van der Waals surface area (Å²) in [5.41, 5.74) is 0. The highest BCUT2D eigenvalue weighted by molar-refractivity contribution is 7.54. The van der Waals surface area contributed by atoms with Gasteiger partial charge in [-0.2, -0.15) is 0 Å². The van der Waals surface area contributed by atoms with Gasteiger partial charge in [-0.3, -0.25) is 9.36 Å². The molecule has 0 heterocycles. The van der Waals surface area contributed by atoms with Gasteiger partial charge >= 0.3 is 13.6 Å². The zero-order chi connectivity index (χ0) is 12.1. The fraction of sp³-hybridized carbons (Fsp3) is 0.857. The summed E-state index contributed by atoms with van der Waals surface area (Å²) in [6.07, 6.45) is -2.78. The first-order chi connectivity index (χ1) is 6.85. The quantitative estimate of drug-likeness (QED) is 0.492. The summed E-state index contributed by atoms with van der Waals surface area (Å²) < 4.78 is 40.3. The van der Waals surface area contributed by atoms with Crippen molar-refractivity contribution in [1.29, 1.82) is 0 Å². The summed E-state index contributed by atoms with van der Waals surface area (Å²) in [5.74, 6) is -1.27. The molecule has 0 aliphatic carbocycles. The van der Waals surface area contributed by atoms with Crippen LogP contribution in [0.25, 0.3) is 0 Å².